The average Bonchev–Trinajstić information content (AvgIpc) is 2.65. The highest BCUT2D eigenvalue weighted by atomic mass is 16.3. The third kappa shape index (κ3) is 4.03. The number of amides is 1. The largest absolute Gasteiger partial charge is 0.508 e. The minimum atomic E-state index is -0.147. The summed E-state index contributed by atoms with van der Waals surface area (Å²) < 4.78 is 0. The van der Waals surface area contributed by atoms with Gasteiger partial charge in [-0.15, -0.1) is 0 Å². The highest BCUT2D eigenvalue weighted by Crippen LogP contribution is 2.25. The van der Waals surface area contributed by atoms with E-state index in [1.807, 2.05) is 30.3 Å². The topological polar surface area (TPSA) is 61.4 Å². The molecule has 132 valence electrons. The molecule has 1 amide bonds. The lowest BCUT2D eigenvalue weighted by molar-refractivity contribution is 0.0952. The predicted molar refractivity (Wildman–Crippen MR) is 105 cm³/mol. The molecule has 3 aromatic carbocycles. The molecule has 3 N–H and O–H groups in total. The molecular weight excluding hydrogens is 324 g/mol. The van der Waals surface area contributed by atoms with Crippen molar-refractivity contribution in [1.29, 1.82) is 0 Å². The maximum Gasteiger partial charge on any atom is 0.253 e. The molecule has 0 aliphatic heterocycles. The van der Waals surface area contributed by atoms with Crippen molar-refractivity contribution >= 4 is 17.3 Å². The van der Waals surface area contributed by atoms with Gasteiger partial charge < -0.3 is 15.7 Å². The van der Waals surface area contributed by atoms with E-state index in [1.165, 1.54) is 5.56 Å². The molecule has 0 bridgehead atoms. The van der Waals surface area contributed by atoms with E-state index >= 15 is 0 Å². The summed E-state index contributed by atoms with van der Waals surface area (Å²) >= 11 is 0. The Hall–Kier alpha value is -3.27. The van der Waals surface area contributed by atoms with Crippen LogP contribution in [-0.4, -0.2) is 11.0 Å². The van der Waals surface area contributed by atoms with E-state index in [-0.39, 0.29) is 11.7 Å². The summed E-state index contributed by atoms with van der Waals surface area (Å²) in [5.74, 6) is 0.0645. The number of rotatable bonds is 5. The molecule has 26 heavy (non-hydrogen) atoms. The van der Waals surface area contributed by atoms with Crippen LogP contribution in [-0.2, 0) is 6.54 Å². The van der Waals surface area contributed by atoms with Crippen LogP contribution in [0.2, 0.25) is 0 Å². The van der Waals surface area contributed by atoms with Crippen LogP contribution in [0.3, 0.4) is 0 Å². The standard InChI is InChI=1S/C22H22N2O2/c1-15-6-5-9-20(16(15)2)24-21-8-4-3-7-19(21)22(26)23-14-17-10-12-18(25)13-11-17/h3-13,24-25H,14H2,1-2H3,(H,23,26). The van der Waals surface area contributed by atoms with E-state index in [0.717, 1.165) is 22.5 Å². The number of hydrogen-bond donors (Lipinski definition) is 3. The molecule has 0 unspecified atom stereocenters. The van der Waals surface area contributed by atoms with Crippen molar-refractivity contribution < 1.29 is 9.90 Å². The van der Waals surface area contributed by atoms with E-state index in [9.17, 15) is 9.90 Å². The Labute approximate surface area is 153 Å². The molecule has 3 aromatic rings. The number of phenols is 1. The monoisotopic (exact) mass is 346 g/mol. The van der Waals surface area contributed by atoms with E-state index < -0.39 is 0 Å². The second kappa shape index (κ2) is 7.74. The molecule has 0 heterocycles. The molecular formula is C22H22N2O2. The molecule has 3 rings (SSSR count). The minimum Gasteiger partial charge on any atom is -0.508 e. The zero-order valence-corrected chi connectivity index (χ0v) is 14.9. The number of hydrogen-bond acceptors (Lipinski definition) is 3. The van der Waals surface area contributed by atoms with Crippen LogP contribution in [0.25, 0.3) is 0 Å². The lowest BCUT2D eigenvalue weighted by Crippen LogP contribution is -2.23. The number of aromatic hydroxyl groups is 1. The summed E-state index contributed by atoms with van der Waals surface area (Å²) in [4.78, 5) is 12.6. The first-order chi connectivity index (χ1) is 12.5. The summed E-state index contributed by atoms with van der Waals surface area (Å²) in [5.41, 5.74) is 5.63. The van der Waals surface area contributed by atoms with Crippen LogP contribution in [0.5, 0.6) is 5.75 Å². The Kier molecular flexibility index (Phi) is 5.23. The van der Waals surface area contributed by atoms with Gasteiger partial charge in [-0.1, -0.05) is 36.4 Å². The average molecular weight is 346 g/mol. The number of para-hydroxylation sites is 1. The first-order valence-electron chi connectivity index (χ1n) is 8.53. The summed E-state index contributed by atoms with van der Waals surface area (Å²) in [7, 11) is 0. The Morgan fingerprint density at radius 3 is 2.35 bits per heavy atom. The minimum absolute atomic E-state index is 0.147. The molecule has 0 saturated carbocycles. The molecule has 0 fully saturated rings. The van der Waals surface area contributed by atoms with Gasteiger partial charge in [-0.3, -0.25) is 4.79 Å². The van der Waals surface area contributed by atoms with E-state index in [1.54, 1.807) is 30.3 Å². The molecule has 0 aromatic heterocycles. The second-order valence-corrected chi connectivity index (χ2v) is 6.27. The molecule has 0 atom stereocenters. The fourth-order valence-electron chi connectivity index (χ4n) is 2.71. The number of phenolic OH excluding ortho intramolecular Hbond substituents is 1. The van der Waals surface area contributed by atoms with Gasteiger partial charge in [0.25, 0.3) is 5.91 Å². The van der Waals surface area contributed by atoms with Crippen LogP contribution in [0.4, 0.5) is 11.4 Å². The first-order valence-corrected chi connectivity index (χ1v) is 8.53. The molecule has 0 aliphatic rings. The summed E-state index contributed by atoms with van der Waals surface area (Å²) in [6.45, 7) is 4.53. The van der Waals surface area contributed by atoms with Crippen molar-refractivity contribution in [2.45, 2.75) is 20.4 Å². The Balaban J connectivity index is 1.76. The van der Waals surface area contributed by atoms with Crippen molar-refractivity contribution in [3.05, 3.63) is 89.0 Å². The van der Waals surface area contributed by atoms with E-state index in [2.05, 4.69) is 30.5 Å². The maximum atomic E-state index is 12.6. The predicted octanol–water partition coefficient (Wildman–Crippen LogP) is 4.68. The van der Waals surface area contributed by atoms with Gasteiger partial charge in [-0.25, -0.2) is 0 Å². The number of aryl methyl sites for hydroxylation is 1. The molecule has 4 nitrogen and oxygen atoms in total. The van der Waals surface area contributed by atoms with Crippen LogP contribution >= 0.6 is 0 Å². The van der Waals surface area contributed by atoms with Gasteiger partial charge in [0.15, 0.2) is 0 Å². The maximum absolute atomic E-state index is 12.6. The Morgan fingerprint density at radius 2 is 1.58 bits per heavy atom. The summed E-state index contributed by atoms with van der Waals surface area (Å²) in [6.07, 6.45) is 0. The van der Waals surface area contributed by atoms with Crippen LogP contribution < -0.4 is 10.6 Å². The van der Waals surface area contributed by atoms with E-state index in [4.69, 9.17) is 0 Å². The van der Waals surface area contributed by atoms with Crippen molar-refractivity contribution in [1.82, 2.24) is 5.32 Å². The smallest absolute Gasteiger partial charge is 0.253 e. The Morgan fingerprint density at radius 1 is 0.885 bits per heavy atom. The van der Waals surface area contributed by atoms with Crippen molar-refractivity contribution in [2.24, 2.45) is 0 Å². The zero-order valence-electron chi connectivity index (χ0n) is 14.9. The highest BCUT2D eigenvalue weighted by molar-refractivity contribution is 6.00. The number of carbonyl (C=O) groups is 1. The SMILES string of the molecule is Cc1cccc(Nc2ccccc2C(=O)NCc2ccc(O)cc2)c1C. The normalized spacial score (nSPS) is 10.4. The van der Waals surface area contributed by atoms with Gasteiger partial charge in [-0.05, 0) is 60.9 Å². The number of anilines is 2. The molecule has 4 heteroatoms. The van der Waals surface area contributed by atoms with Crippen molar-refractivity contribution in [2.75, 3.05) is 5.32 Å². The van der Waals surface area contributed by atoms with Gasteiger partial charge >= 0.3 is 0 Å². The van der Waals surface area contributed by atoms with Gasteiger partial charge in [0.05, 0.1) is 11.3 Å². The van der Waals surface area contributed by atoms with Crippen LogP contribution in [0.15, 0.2) is 66.7 Å². The van der Waals surface area contributed by atoms with E-state index in [0.29, 0.717) is 12.1 Å². The third-order valence-corrected chi connectivity index (χ3v) is 4.44. The summed E-state index contributed by atoms with van der Waals surface area (Å²) in [5, 5.41) is 15.6. The zero-order chi connectivity index (χ0) is 18.5. The molecule has 0 aliphatic carbocycles. The van der Waals surface area contributed by atoms with Gasteiger partial charge in [0.2, 0.25) is 0 Å². The molecule has 0 radical (unpaired) electrons. The Bertz CT molecular complexity index is 918. The van der Waals surface area contributed by atoms with Gasteiger partial charge in [0, 0.05) is 12.2 Å². The fraction of sp³-hybridized carbons (Fsp3) is 0.136. The number of nitrogens with one attached hydrogen (secondary N) is 2. The van der Waals surface area contributed by atoms with Crippen molar-refractivity contribution in [3.63, 3.8) is 0 Å². The van der Waals surface area contributed by atoms with Crippen LogP contribution in [0, 0.1) is 13.8 Å². The second-order valence-electron chi connectivity index (χ2n) is 6.27. The lowest BCUT2D eigenvalue weighted by Gasteiger charge is -2.15. The number of benzene rings is 3. The van der Waals surface area contributed by atoms with Gasteiger partial charge in [-0.2, -0.15) is 0 Å². The summed E-state index contributed by atoms with van der Waals surface area (Å²) in [6, 6.07) is 20.3. The highest BCUT2D eigenvalue weighted by Gasteiger charge is 2.12. The lowest BCUT2D eigenvalue weighted by atomic mass is 10.1. The number of carbonyl (C=O) groups excluding carboxylic acids is 1. The third-order valence-electron chi connectivity index (χ3n) is 4.44. The molecule has 0 saturated heterocycles. The fourth-order valence-corrected chi connectivity index (χ4v) is 2.71. The first kappa shape index (κ1) is 17.5. The quantitative estimate of drug-likeness (QED) is 0.628. The molecule has 0 spiro atoms. The van der Waals surface area contributed by atoms with Gasteiger partial charge in [0.1, 0.15) is 5.75 Å². The van der Waals surface area contributed by atoms with Crippen molar-refractivity contribution in [3.8, 4) is 5.75 Å². The van der Waals surface area contributed by atoms with Crippen LogP contribution in [0.1, 0.15) is 27.0 Å².